The Balaban J connectivity index is 1.96. The minimum absolute atomic E-state index is 0.113. The number of hydrogen-bond donors (Lipinski definition) is 2. The first kappa shape index (κ1) is 16.5. The van der Waals surface area contributed by atoms with Crippen molar-refractivity contribution < 1.29 is 14.7 Å². The minimum atomic E-state index is -0.987. The van der Waals surface area contributed by atoms with Gasteiger partial charge in [-0.05, 0) is 12.5 Å². The number of carboxylic acid groups (broad SMARTS) is 1. The molecule has 2 aromatic heterocycles. The number of carbonyl (C=O) groups excluding carboxylic acids is 1. The second-order valence-electron chi connectivity index (χ2n) is 6.37. The monoisotopic (exact) mass is 367 g/mol. The van der Waals surface area contributed by atoms with Gasteiger partial charge in [-0.3, -0.25) is 9.48 Å². The average molecular weight is 367 g/mol. The van der Waals surface area contributed by atoms with Gasteiger partial charge in [0.25, 0.3) is 0 Å². The number of carboxylic acids is 1. The van der Waals surface area contributed by atoms with Crippen LogP contribution in [0.15, 0.2) is 36.5 Å². The highest BCUT2D eigenvalue weighted by atomic mass is 32.1. The molecule has 0 aliphatic carbocycles. The van der Waals surface area contributed by atoms with Gasteiger partial charge in [0.15, 0.2) is 0 Å². The highest BCUT2D eigenvalue weighted by molar-refractivity contribution is 7.15. The molecule has 1 aliphatic heterocycles. The Kier molecular flexibility index (Phi) is 3.88. The summed E-state index contributed by atoms with van der Waals surface area (Å²) in [6, 6.07) is 9.32. The maximum absolute atomic E-state index is 12.4. The Hall–Kier alpha value is -2.93. The predicted molar refractivity (Wildman–Crippen MR) is 99.7 cm³/mol. The van der Waals surface area contributed by atoms with E-state index in [4.69, 9.17) is 0 Å². The van der Waals surface area contributed by atoms with Crippen LogP contribution in [0, 0.1) is 6.92 Å². The molecule has 1 atom stereocenters. The lowest BCUT2D eigenvalue weighted by atomic mass is 9.89. The standard InChI is InChI=1S/C19H17N3O3S/c1-10-13(9-22(2)21-10)12-8-14(23)20-16-15(11-6-4-3-5-7-11)18(19(24)25)26-17(12)16/h3-7,9,12H,8H2,1-2H3,(H,20,23)(H,24,25). The second kappa shape index (κ2) is 6.10. The summed E-state index contributed by atoms with van der Waals surface area (Å²) >= 11 is 1.24. The number of aromatic nitrogens is 2. The largest absolute Gasteiger partial charge is 0.477 e. The zero-order valence-corrected chi connectivity index (χ0v) is 15.1. The molecular formula is C19H17N3O3S. The molecule has 0 spiro atoms. The summed E-state index contributed by atoms with van der Waals surface area (Å²) in [6.45, 7) is 1.91. The molecule has 26 heavy (non-hydrogen) atoms. The Bertz CT molecular complexity index is 1020. The lowest BCUT2D eigenvalue weighted by Gasteiger charge is -2.23. The number of aromatic carboxylic acids is 1. The quantitative estimate of drug-likeness (QED) is 0.740. The van der Waals surface area contributed by atoms with Crippen LogP contribution in [-0.4, -0.2) is 26.8 Å². The maximum Gasteiger partial charge on any atom is 0.346 e. The number of benzene rings is 1. The lowest BCUT2D eigenvalue weighted by molar-refractivity contribution is -0.116. The van der Waals surface area contributed by atoms with Crippen molar-refractivity contribution in [2.75, 3.05) is 5.32 Å². The van der Waals surface area contributed by atoms with Crippen molar-refractivity contribution in [2.24, 2.45) is 7.05 Å². The second-order valence-corrected chi connectivity index (χ2v) is 7.42. The molecule has 0 saturated heterocycles. The third-order valence-electron chi connectivity index (χ3n) is 4.59. The Morgan fingerprint density at radius 1 is 1.35 bits per heavy atom. The van der Waals surface area contributed by atoms with Gasteiger partial charge in [-0.2, -0.15) is 5.10 Å². The molecule has 0 fully saturated rings. The Morgan fingerprint density at radius 3 is 2.69 bits per heavy atom. The van der Waals surface area contributed by atoms with Gasteiger partial charge in [0.1, 0.15) is 4.88 Å². The summed E-state index contributed by atoms with van der Waals surface area (Å²) in [5.41, 5.74) is 3.79. The van der Waals surface area contributed by atoms with E-state index >= 15 is 0 Å². The highest BCUT2D eigenvalue weighted by Crippen LogP contribution is 2.49. The summed E-state index contributed by atoms with van der Waals surface area (Å²) in [5.74, 6) is -1.29. The van der Waals surface area contributed by atoms with Crippen LogP contribution in [0.4, 0.5) is 5.69 Å². The van der Waals surface area contributed by atoms with E-state index in [1.165, 1.54) is 11.3 Å². The summed E-state index contributed by atoms with van der Waals surface area (Å²) in [5, 5.41) is 17.0. The number of amides is 1. The van der Waals surface area contributed by atoms with Crippen LogP contribution < -0.4 is 5.32 Å². The molecule has 6 nitrogen and oxygen atoms in total. The predicted octanol–water partition coefficient (Wildman–Crippen LogP) is 3.63. The van der Waals surface area contributed by atoms with E-state index in [1.807, 2.05) is 50.5 Å². The fourth-order valence-corrected chi connectivity index (χ4v) is 4.77. The van der Waals surface area contributed by atoms with Gasteiger partial charge >= 0.3 is 5.97 Å². The smallest absolute Gasteiger partial charge is 0.346 e. The van der Waals surface area contributed by atoms with E-state index < -0.39 is 5.97 Å². The van der Waals surface area contributed by atoms with Gasteiger partial charge in [-0.25, -0.2) is 4.79 Å². The number of hydrogen-bond acceptors (Lipinski definition) is 4. The molecule has 0 bridgehead atoms. The molecular weight excluding hydrogens is 350 g/mol. The van der Waals surface area contributed by atoms with Crippen molar-refractivity contribution in [3.05, 3.63) is 57.5 Å². The van der Waals surface area contributed by atoms with Crippen LogP contribution in [-0.2, 0) is 11.8 Å². The lowest BCUT2D eigenvalue weighted by Crippen LogP contribution is -2.22. The van der Waals surface area contributed by atoms with E-state index in [9.17, 15) is 14.7 Å². The minimum Gasteiger partial charge on any atom is -0.477 e. The van der Waals surface area contributed by atoms with Gasteiger partial charge < -0.3 is 10.4 Å². The first-order valence-corrected chi connectivity index (χ1v) is 9.02. The molecule has 2 N–H and O–H groups in total. The Labute approximate surface area is 154 Å². The first-order chi connectivity index (χ1) is 12.5. The number of nitrogens with zero attached hydrogens (tertiary/aromatic N) is 2. The van der Waals surface area contributed by atoms with E-state index in [0.717, 1.165) is 21.7 Å². The number of anilines is 1. The molecule has 3 aromatic rings. The maximum atomic E-state index is 12.4. The molecule has 132 valence electrons. The topological polar surface area (TPSA) is 84.2 Å². The van der Waals surface area contributed by atoms with E-state index in [-0.39, 0.29) is 23.1 Å². The number of thiophene rings is 1. The fourth-order valence-electron chi connectivity index (χ4n) is 3.53. The summed E-state index contributed by atoms with van der Waals surface area (Å²) < 4.78 is 1.72. The normalized spacial score (nSPS) is 16.2. The van der Waals surface area contributed by atoms with E-state index in [1.54, 1.807) is 4.68 Å². The highest BCUT2D eigenvalue weighted by Gasteiger charge is 2.35. The third kappa shape index (κ3) is 2.61. The van der Waals surface area contributed by atoms with Crippen molar-refractivity contribution in [3.8, 4) is 11.1 Å². The molecule has 1 unspecified atom stereocenters. The molecule has 1 aliphatic rings. The first-order valence-electron chi connectivity index (χ1n) is 8.21. The van der Waals surface area contributed by atoms with Crippen molar-refractivity contribution in [1.29, 1.82) is 0 Å². The van der Waals surface area contributed by atoms with Crippen LogP contribution in [0.2, 0.25) is 0 Å². The van der Waals surface area contributed by atoms with Gasteiger partial charge in [-0.15, -0.1) is 11.3 Å². The van der Waals surface area contributed by atoms with Crippen LogP contribution in [0.5, 0.6) is 0 Å². The van der Waals surface area contributed by atoms with Gasteiger partial charge in [0.2, 0.25) is 5.91 Å². The van der Waals surface area contributed by atoms with Crippen LogP contribution in [0.25, 0.3) is 11.1 Å². The third-order valence-corrected chi connectivity index (χ3v) is 5.88. The van der Waals surface area contributed by atoms with Crippen LogP contribution >= 0.6 is 11.3 Å². The van der Waals surface area contributed by atoms with Gasteiger partial charge in [0, 0.05) is 41.6 Å². The molecule has 3 heterocycles. The number of aryl methyl sites for hydroxylation is 2. The van der Waals surface area contributed by atoms with Crippen LogP contribution in [0.3, 0.4) is 0 Å². The molecule has 0 saturated carbocycles. The molecule has 1 aromatic carbocycles. The van der Waals surface area contributed by atoms with E-state index in [0.29, 0.717) is 11.3 Å². The number of fused-ring (bicyclic) bond motifs is 1. The van der Waals surface area contributed by atoms with Crippen molar-refractivity contribution >= 4 is 28.9 Å². The van der Waals surface area contributed by atoms with Crippen molar-refractivity contribution in [2.45, 2.75) is 19.3 Å². The molecule has 1 amide bonds. The SMILES string of the molecule is Cc1nn(C)cc1C1CC(=O)Nc2c1sc(C(=O)O)c2-c1ccccc1. The number of nitrogens with one attached hydrogen (secondary N) is 1. The molecule has 4 rings (SSSR count). The number of rotatable bonds is 3. The Morgan fingerprint density at radius 2 is 2.08 bits per heavy atom. The number of carbonyl (C=O) groups is 2. The average Bonchev–Trinajstić information content (AvgIpc) is 3.14. The zero-order valence-electron chi connectivity index (χ0n) is 14.3. The van der Waals surface area contributed by atoms with Crippen LogP contribution in [0.1, 0.15) is 38.1 Å². The van der Waals surface area contributed by atoms with Gasteiger partial charge in [0.05, 0.1) is 11.4 Å². The summed E-state index contributed by atoms with van der Waals surface area (Å²) in [7, 11) is 1.84. The molecule has 7 heteroatoms. The summed E-state index contributed by atoms with van der Waals surface area (Å²) in [6.07, 6.45) is 2.19. The van der Waals surface area contributed by atoms with E-state index in [2.05, 4.69) is 10.4 Å². The van der Waals surface area contributed by atoms with Crippen molar-refractivity contribution in [1.82, 2.24) is 9.78 Å². The van der Waals surface area contributed by atoms with Gasteiger partial charge in [-0.1, -0.05) is 30.3 Å². The van der Waals surface area contributed by atoms with Crippen molar-refractivity contribution in [3.63, 3.8) is 0 Å². The fraction of sp³-hybridized carbons (Fsp3) is 0.211. The molecule has 0 radical (unpaired) electrons. The zero-order chi connectivity index (χ0) is 18.4. The summed E-state index contributed by atoms with van der Waals surface area (Å²) in [4.78, 5) is 25.4.